The van der Waals surface area contributed by atoms with Gasteiger partial charge in [-0.1, -0.05) is 30.3 Å². The number of hydrogen-bond acceptors (Lipinski definition) is 5. The van der Waals surface area contributed by atoms with E-state index in [0.717, 1.165) is 17.1 Å². The van der Waals surface area contributed by atoms with Crippen molar-refractivity contribution in [3.05, 3.63) is 60.2 Å². The third kappa shape index (κ3) is 8.07. The molecule has 0 aromatic heterocycles. The zero-order chi connectivity index (χ0) is 23.6. The largest absolute Gasteiger partial charge is 0.457 e. The second-order valence-corrected chi connectivity index (χ2v) is 8.48. The number of rotatable bonds is 9. The monoisotopic (exact) mass is 455 g/mol. The molecule has 3 amide bonds. The lowest BCUT2D eigenvalue weighted by Crippen LogP contribution is -2.54. The zero-order valence-corrected chi connectivity index (χ0v) is 19.1. The molecule has 0 spiro atoms. The first-order valence-electron chi connectivity index (χ1n) is 11.3. The van der Waals surface area contributed by atoms with Crippen molar-refractivity contribution in [3.8, 4) is 11.5 Å². The molecule has 0 unspecified atom stereocenters. The zero-order valence-electron chi connectivity index (χ0n) is 19.1. The number of ether oxygens (including phenoxy) is 2. The van der Waals surface area contributed by atoms with Gasteiger partial charge < -0.3 is 30.5 Å². The Morgan fingerprint density at radius 1 is 1.06 bits per heavy atom. The van der Waals surface area contributed by atoms with Crippen LogP contribution in [0, 0.1) is 0 Å². The number of aliphatic hydroxyl groups is 1. The smallest absolute Gasteiger partial charge is 0.315 e. The van der Waals surface area contributed by atoms with E-state index in [1.165, 1.54) is 0 Å². The highest BCUT2D eigenvalue weighted by Crippen LogP contribution is 2.23. The fourth-order valence-electron chi connectivity index (χ4n) is 3.70. The molecule has 4 N–H and O–H groups in total. The molecule has 1 aliphatic heterocycles. The second-order valence-electron chi connectivity index (χ2n) is 8.48. The fourth-order valence-corrected chi connectivity index (χ4v) is 3.70. The minimum Gasteiger partial charge on any atom is -0.457 e. The molecular formula is C25H33N3O5. The van der Waals surface area contributed by atoms with E-state index in [9.17, 15) is 14.7 Å². The van der Waals surface area contributed by atoms with Crippen LogP contribution in [0.15, 0.2) is 54.6 Å². The molecule has 0 radical (unpaired) electrons. The van der Waals surface area contributed by atoms with Crippen molar-refractivity contribution in [2.45, 2.75) is 63.9 Å². The van der Waals surface area contributed by atoms with E-state index in [2.05, 4.69) is 16.0 Å². The minimum atomic E-state index is -0.536. The Kier molecular flexibility index (Phi) is 9.09. The van der Waals surface area contributed by atoms with Crippen molar-refractivity contribution >= 4 is 11.9 Å². The molecule has 1 fully saturated rings. The van der Waals surface area contributed by atoms with Crippen molar-refractivity contribution in [2.24, 2.45) is 0 Å². The van der Waals surface area contributed by atoms with Gasteiger partial charge in [-0.2, -0.15) is 0 Å². The van der Waals surface area contributed by atoms with Gasteiger partial charge in [-0.25, -0.2) is 4.79 Å². The Morgan fingerprint density at radius 2 is 1.76 bits per heavy atom. The van der Waals surface area contributed by atoms with Crippen LogP contribution in [-0.4, -0.2) is 47.9 Å². The normalized spacial score (nSPS) is 20.2. The van der Waals surface area contributed by atoms with E-state index in [1.807, 2.05) is 68.4 Å². The molecule has 3 rings (SSSR count). The summed E-state index contributed by atoms with van der Waals surface area (Å²) in [7, 11) is 0. The van der Waals surface area contributed by atoms with Crippen LogP contribution in [0.1, 0.15) is 38.7 Å². The predicted octanol–water partition coefficient (Wildman–Crippen LogP) is 3.10. The average Bonchev–Trinajstić information content (AvgIpc) is 2.80. The Balaban J connectivity index is 1.41. The molecule has 2 aromatic rings. The standard InChI is InChI=1S/C25H33N3O5/c1-17(2)27-25(31)28-22-13-12-21(33-23(22)16-29)14-24(30)26-15-18-8-10-20(11-9-18)32-19-6-4-3-5-7-19/h3-11,17,21-23,29H,12-16H2,1-2H3,(H,26,30)(H2,27,28,31)/t21-,22-,23+/m1/s1. The third-order valence-electron chi connectivity index (χ3n) is 5.34. The molecule has 8 nitrogen and oxygen atoms in total. The number of nitrogens with one attached hydrogen (secondary N) is 3. The topological polar surface area (TPSA) is 109 Å². The first kappa shape index (κ1) is 24.5. The average molecular weight is 456 g/mol. The lowest BCUT2D eigenvalue weighted by atomic mass is 9.97. The molecule has 0 saturated carbocycles. The van der Waals surface area contributed by atoms with Crippen molar-refractivity contribution in [1.29, 1.82) is 0 Å². The molecule has 1 saturated heterocycles. The summed E-state index contributed by atoms with van der Waals surface area (Å²) in [5.74, 6) is 1.38. The summed E-state index contributed by atoms with van der Waals surface area (Å²) < 4.78 is 11.7. The van der Waals surface area contributed by atoms with Gasteiger partial charge in [0.25, 0.3) is 0 Å². The van der Waals surface area contributed by atoms with E-state index in [1.54, 1.807) is 0 Å². The Morgan fingerprint density at radius 3 is 2.42 bits per heavy atom. The molecule has 3 atom stereocenters. The molecule has 0 bridgehead atoms. The molecule has 1 heterocycles. The van der Waals surface area contributed by atoms with Crippen LogP contribution in [-0.2, 0) is 16.1 Å². The maximum absolute atomic E-state index is 12.4. The van der Waals surface area contributed by atoms with E-state index in [-0.39, 0.29) is 43.2 Å². The third-order valence-corrected chi connectivity index (χ3v) is 5.34. The maximum Gasteiger partial charge on any atom is 0.315 e. The van der Waals surface area contributed by atoms with Crippen molar-refractivity contribution in [2.75, 3.05) is 6.61 Å². The number of carbonyl (C=O) groups is 2. The van der Waals surface area contributed by atoms with E-state index in [4.69, 9.17) is 9.47 Å². The number of hydrogen-bond donors (Lipinski definition) is 4. The minimum absolute atomic E-state index is 0.0196. The summed E-state index contributed by atoms with van der Waals surface area (Å²) in [4.78, 5) is 24.4. The SMILES string of the molecule is CC(C)NC(=O)N[C@@H]1CC[C@H](CC(=O)NCc2ccc(Oc3ccccc3)cc2)O[C@H]1CO. The lowest BCUT2D eigenvalue weighted by Gasteiger charge is -2.36. The molecular weight excluding hydrogens is 422 g/mol. The lowest BCUT2D eigenvalue weighted by molar-refractivity contribution is -0.130. The van der Waals surface area contributed by atoms with Gasteiger partial charge in [-0.3, -0.25) is 4.79 Å². The van der Waals surface area contributed by atoms with Gasteiger partial charge in [-0.05, 0) is 56.5 Å². The highest BCUT2D eigenvalue weighted by atomic mass is 16.5. The summed E-state index contributed by atoms with van der Waals surface area (Å²) in [6.07, 6.45) is 0.637. The van der Waals surface area contributed by atoms with Gasteiger partial charge >= 0.3 is 6.03 Å². The van der Waals surface area contributed by atoms with Gasteiger partial charge in [0.1, 0.15) is 17.6 Å². The number of benzene rings is 2. The second kappa shape index (κ2) is 12.2. The summed E-state index contributed by atoms with van der Waals surface area (Å²) >= 11 is 0. The quantitative estimate of drug-likeness (QED) is 0.465. The van der Waals surface area contributed by atoms with Crippen LogP contribution in [0.4, 0.5) is 4.79 Å². The predicted molar refractivity (Wildman–Crippen MR) is 125 cm³/mol. The number of carbonyl (C=O) groups excluding carboxylic acids is 2. The van der Waals surface area contributed by atoms with Crippen molar-refractivity contribution in [3.63, 3.8) is 0 Å². The van der Waals surface area contributed by atoms with E-state index >= 15 is 0 Å². The van der Waals surface area contributed by atoms with Crippen LogP contribution in [0.3, 0.4) is 0 Å². The van der Waals surface area contributed by atoms with Crippen LogP contribution >= 0.6 is 0 Å². The van der Waals surface area contributed by atoms with Gasteiger partial charge in [0.05, 0.1) is 25.2 Å². The van der Waals surface area contributed by atoms with Crippen LogP contribution in [0.5, 0.6) is 11.5 Å². The Bertz CT molecular complexity index is 889. The van der Waals surface area contributed by atoms with Crippen LogP contribution in [0.25, 0.3) is 0 Å². The number of para-hydroxylation sites is 1. The maximum atomic E-state index is 12.4. The van der Waals surface area contributed by atoms with E-state index in [0.29, 0.717) is 19.4 Å². The van der Waals surface area contributed by atoms with Crippen molar-refractivity contribution < 1.29 is 24.2 Å². The number of aliphatic hydroxyl groups excluding tert-OH is 1. The molecule has 33 heavy (non-hydrogen) atoms. The Labute approximate surface area is 194 Å². The first-order chi connectivity index (χ1) is 15.9. The Hall–Kier alpha value is -3.10. The van der Waals surface area contributed by atoms with Gasteiger partial charge in [0.15, 0.2) is 0 Å². The van der Waals surface area contributed by atoms with Gasteiger partial charge in [0.2, 0.25) is 5.91 Å². The molecule has 1 aliphatic rings. The molecule has 8 heteroatoms. The first-order valence-corrected chi connectivity index (χ1v) is 11.3. The summed E-state index contributed by atoms with van der Waals surface area (Å²) in [5.41, 5.74) is 0.960. The van der Waals surface area contributed by atoms with Crippen LogP contribution < -0.4 is 20.7 Å². The summed E-state index contributed by atoms with van der Waals surface area (Å²) in [6, 6.07) is 16.6. The highest BCUT2D eigenvalue weighted by Gasteiger charge is 2.32. The van der Waals surface area contributed by atoms with E-state index < -0.39 is 6.10 Å². The number of urea groups is 1. The fraction of sp³-hybridized carbons (Fsp3) is 0.440. The summed E-state index contributed by atoms with van der Waals surface area (Å²) in [6.45, 7) is 3.94. The highest BCUT2D eigenvalue weighted by molar-refractivity contribution is 5.76. The van der Waals surface area contributed by atoms with Gasteiger partial charge in [0, 0.05) is 12.6 Å². The van der Waals surface area contributed by atoms with Crippen LogP contribution in [0.2, 0.25) is 0 Å². The van der Waals surface area contributed by atoms with Gasteiger partial charge in [-0.15, -0.1) is 0 Å². The molecule has 2 aromatic carbocycles. The molecule has 178 valence electrons. The van der Waals surface area contributed by atoms with Crippen molar-refractivity contribution in [1.82, 2.24) is 16.0 Å². The molecule has 0 aliphatic carbocycles. The summed E-state index contributed by atoms with van der Waals surface area (Å²) in [5, 5.41) is 18.2. The number of amides is 3.